The van der Waals surface area contributed by atoms with Crippen molar-refractivity contribution in [2.45, 2.75) is 26.7 Å². The standard InChI is InChI=1S/C17H21FO5/c1-3-22-15(20)17(10-5-11-19,16(21)23-4-2)12-13-6-8-14(18)9-7-13/h5-9,11,19H,3-4,10,12H2,1-2H3/b11-5-. The summed E-state index contributed by atoms with van der Waals surface area (Å²) in [5.41, 5.74) is -1.04. The molecule has 6 heteroatoms. The van der Waals surface area contributed by atoms with Crippen LogP contribution in [-0.2, 0) is 25.5 Å². The van der Waals surface area contributed by atoms with E-state index in [2.05, 4.69) is 0 Å². The highest BCUT2D eigenvalue weighted by molar-refractivity contribution is 6.00. The predicted octanol–water partition coefficient (Wildman–Crippen LogP) is 2.94. The number of carbonyl (C=O) groups excluding carboxylic acids is 2. The molecule has 0 aliphatic heterocycles. The van der Waals surface area contributed by atoms with Crippen molar-refractivity contribution in [2.75, 3.05) is 13.2 Å². The Balaban J connectivity index is 3.25. The molecule has 1 aromatic rings. The third kappa shape index (κ3) is 4.81. The largest absolute Gasteiger partial charge is 0.516 e. The van der Waals surface area contributed by atoms with Gasteiger partial charge in [0, 0.05) is 0 Å². The van der Waals surface area contributed by atoms with E-state index in [1.54, 1.807) is 13.8 Å². The summed E-state index contributed by atoms with van der Waals surface area (Å²) >= 11 is 0. The summed E-state index contributed by atoms with van der Waals surface area (Å²) in [7, 11) is 0. The molecule has 0 heterocycles. The van der Waals surface area contributed by atoms with E-state index in [4.69, 9.17) is 14.6 Å². The van der Waals surface area contributed by atoms with E-state index in [0.717, 1.165) is 6.26 Å². The van der Waals surface area contributed by atoms with Crippen molar-refractivity contribution in [2.24, 2.45) is 5.41 Å². The van der Waals surface area contributed by atoms with Crippen LogP contribution in [0.15, 0.2) is 36.6 Å². The maximum Gasteiger partial charge on any atom is 0.324 e. The number of hydrogen-bond acceptors (Lipinski definition) is 5. The van der Waals surface area contributed by atoms with Crippen molar-refractivity contribution in [1.82, 2.24) is 0 Å². The Morgan fingerprint density at radius 1 is 1.13 bits per heavy atom. The highest BCUT2D eigenvalue weighted by Crippen LogP contribution is 2.32. The molecule has 0 spiro atoms. The summed E-state index contributed by atoms with van der Waals surface area (Å²) < 4.78 is 23.1. The third-order valence-electron chi connectivity index (χ3n) is 3.32. The smallest absolute Gasteiger partial charge is 0.324 e. The molecule has 0 aliphatic carbocycles. The van der Waals surface area contributed by atoms with E-state index >= 15 is 0 Å². The van der Waals surface area contributed by atoms with E-state index in [1.165, 1.54) is 30.3 Å². The molecule has 0 saturated heterocycles. The van der Waals surface area contributed by atoms with Crippen LogP contribution in [0.25, 0.3) is 0 Å². The Morgan fingerprint density at radius 2 is 1.65 bits per heavy atom. The predicted molar refractivity (Wildman–Crippen MR) is 82.2 cm³/mol. The summed E-state index contributed by atoms with van der Waals surface area (Å²) in [5.74, 6) is -1.89. The van der Waals surface area contributed by atoms with Crippen molar-refractivity contribution < 1.29 is 28.6 Å². The minimum atomic E-state index is -1.62. The molecular weight excluding hydrogens is 303 g/mol. The van der Waals surface area contributed by atoms with Crippen molar-refractivity contribution in [3.8, 4) is 0 Å². The quantitative estimate of drug-likeness (QED) is 0.452. The van der Waals surface area contributed by atoms with Crippen LogP contribution in [0.2, 0.25) is 0 Å². The van der Waals surface area contributed by atoms with Gasteiger partial charge in [-0.1, -0.05) is 12.1 Å². The van der Waals surface area contributed by atoms with Crippen molar-refractivity contribution in [3.05, 3.63) is 48.0 Å². The first-order chi connectivity index (χ1) is 11.0. The first kappa shape index (κ1) is 18.7. The van der Waals surface area contributed by atoms with Crippen LogP contribution < -0.4 is 0 Å². The molecule has 23 heavy (non-hydrogen) atoms. The maximum absolute atomic E-state index is 13.1. The van der Waals surface area contributed by atoms with E-state index < -0.39 is 23.2 Å². The number of carbonyl (C=O) groups is 2. The average molecular weight is 324 g/mol. The molecule has 1 aromatic carbocycles. The number of aliphatic hydroxyl groups excluding tert-OH is 1. The minimum absolute atomic E-state index is 0.0186. The lowest BCUT2D eigenvalue weighted by Gasteiger charge is -2.28. The summed E-state index contributed by atoms with van der Waals surface area (Å²) in [6.45, 7) is 3.47. The summed E-state index contributed by atoms with van der Waals surface area (Å²) in [6.07, 6.45) is 1.95. The lowest BCUT2D eigenvalue weighted by Crippen LogP contribution is -2.43. The molecular formula is C17H21FO5. The van der Waals surface area contributed by atoms with Gasteiger partial charge in [0.25, 0.3) is 0 Å². The summed E-state index contributed by atoms with van der Waals surface area (Å²) in [6, 6.07) is 5.48. The molecule has 0 amide bonds. The highest BCUT2D eigenvalue weighted by atomic mass is 19.1. The second-order valence-corrected chi connectivity index (χ2v) is 4.92. The summed E-state index contributed by atoms with van der Waals surface area (Å²) in [5, 5.41) is 8.92. The van der Waals surface area contributed by atoms with Crippen molar-refractivity contribution in [3.63, 3.8) is 0 Å². The van der Waals surface area contributed by atoms with E-state index in [-0.39, 0.29) is 26.1 Å². The molecule has 0 fully saturated rings. The Morgan fingerprint density at radius 3 is 2.09 bits per heavy atom. The highest BCUT2D eigenvalue weighted by Gasteiger charge is 2.48. The molecule has 0 aliphatic rings. The fraction of sp³-hybridized carbons (Fsp3) is 0.412. The lowest BCUT2D eigenvalue weighted by molar-refractivity contribution is -0.171. The molecule has 0 aromatic heterocycles. The first-order valence-electron chi connectivity index (χ1n) is 7.38. The second kappa shape index (κ2) is 8.92. The third-order valence-corrected chi connectivity index (χ3v) is 3.32. The fourth-order valence-corrected chi connectivity index (χ4v) is 2.21. The van der Waals surface area contributed by atoms with Gasteiger partial charge in [-0.15, -0.1) is 0 Å². The lowest BCUT2D eigenvalue weighted by atomic mass is 9.78. The number of aliphatic hydroxyl groups is 1. The average Bonchev–Trinajstić information content (AvgIpc) is 2.53. The molecule has 0 bridgehead atoms. The Labute approximate surface area is 134 Å². The fourth-order valence-electron chi connectivity index (χ4n) is 2.21. The number of esters is 2. The monoisotopic (exact) mass is 324 g/mol. The van der Waals surface area contributed by atoms with Gasteiger partial charge in [0.1, 0.15) is 5.82 Å². The Kier molecular flexibility index (Phi) is 7.25. The molecule has 5 nitrogen and oxygen atoms in total. The SMILES string of the molecule is CCOC(=O)C(C/C=C\O)(Cc1ccc(F)cc1)C(=O)OCC. The molecule has 126 valence electrons. The van der Waals surface area contributed by atoms with Gasteiger partial charge in [0.05, 0.1) is 19.5 Å². The number of ether oxygens (including phenoxy) is 2. The van der Waals surface area contributed by atoms with Gasteiger partial charge in [0.2, 0.25) is 0 Å². The van der Waals surface area contributed by atoms with E-state index in [0.29, 0.717) is 5.56 Å². The molecule has 1 rings (SSSR count). The van der Waals surface area contributed by atoms with Gasteiger partial charge in [-0.3, -0.25) is 9.59 Å². The molecule has 0 unspecified atom stereocenters. The number of allylic oxidation sites excluding steroid dienone is 1. The minimum Gasteiger partial charge on any atom is -0.516 e. The molecule has 1 N–H and O–H groups in total. The number of halogens is 1. The van der Waals surface area contributed by atoms with Gasteiger partial charge in [-0.05, 0) is 50.5 Å². The first-order valence-corrected chi connectivity index (χ1v) is 7.38. The second-order valence-electron chi connectivity index (χ2n) is 4.92. The number of hydrogen-bond donors (Lipinski definition) is 1. The van der Waals surface area contributed by atoms with Crippen LogP contribution >= 0.6 is 0 Å². The molecule has 0 saturated carbocycles. The van der Waals surface area contributed by atoms with Crippen molar-refractivity contribution in [1.29, 1.82) is 0 Å². The maximum atomic E-state index is 13.1. The van der Waals surface area contributed by atoms with Crippen LogP contribution in [0, 0.1) is 11.2 Å². The Bertz CT molecular complexity index is 533. The zero-order valence-corrected chi connectivity index (χ0v) is 13.3. The zero-order valence-electron chi connectivity index (χ0n) is 13.3. The topological polar surface area (TPSA) is 72.8 Å². The normalized spacial score (nSPS) is 11.4. The van der Waals surface area contributed by atoms with Crippen LogP contribution in [-0.4, -0.2) is 30.3 Å². The van der Waals surface area contributed by atoms with Gasteiger partial charge in [-0.2, -0.15) is 0 Å². The molecule has 0 radical (unpaired) electrons. The number of rotatable bonds is 8. The van der Waals surface area contributed by atoms with E-state index in [9.17, 15) is 14.0 Å². The van der Waals surface area contributed by atoms with Gasteiger partial charge in [-0.25, -0.2) is 4.39 Å². The van der Waals surface area contributed by atoms with Crippen LogP contribution in [0.4, 0.5) is 4.39 Å². The molecule has 0 atom stereocenters. The van der Waals surface area contributed by atoms with E-state index in [1.807, 2.05) is 0 Å². The van der Waals surface area contributed by atoms with Crippen LogP contribution in [0.1, 0.15) is 25.8 Å². The van der Waals surface area contributed by atoms with Crippen LogP contribution in [0.3, 0.4) is 0 Å². The zero-order chi connectivity index (χ0) is 17.3. The summed E-state index contributed by atoms with van der Waals surface area (Å²) in [4.78, 5) is 24.9. The Hall–Kier alpha value is -2.37. The van der Waals surface area contributed by atoms with Gasteiger partial charge in [0.15, 0.2) is 5.41 Å². The van der Waals surface area contributed by atoms with Crippen molar-refractivity contribution >= 4 is 11.9 Å². The number of benzene rings is 1. The van der Waals surface area contributed by atoms with Crippen LogP contribution in [0.5, 0.6) is 0 Å². The van der Waals surface area contributed by atoms with Gasteiger partial charge >= 0.3 is 11.9 Å². The van der Waals surface area contributed by atoms with Gasteiger partial charge < -0.3 is 14.6 Å².